The molecule has 3 unspecified atom stereocenters. The van der Waals surface area contributed by atoms with Gasteiger partial charge in [-0.05, 0) is 67.3 Å². The van der Waals surface area contributed by atoms with E-state index in [1.165, 1.54) is 44.2 Å². The smallest absolute Gasteiger partial charge is 0.0640 e. The van der Waals surface area contributed by atoms with Crippen molar-refractivity contribution in [1.82, 2.24) is 15.2 Å². The van der Waals surface area contributed by atoms with Crippen LogP contribution in [0.5, 0.6) is 0 Å². The molecular formula is C17H28N4. The minimum atomic E-state index is 0.373. The first-order chi connectivity index (χ1) is 10.0. The lowest BCUT2D eigenvalue weighted by molar-refractivity contribution is -0.118. The fourth-order valence-electron chi connectivity index (χ4n) is 6.44. The molecule has 0 aromatic carbocycles. The fraction of sp³-hybridized carbons (Fsp3) is 0.824. The average Bonchev–Trinajstić information content (AvgIpc) is 2.78. The summed E-state index contributed by atoms with van der Waals surface area (Å²) >= 11 is 0. The molecule has 5 rings (SSSR count). The average molecular weight is 288 g/mol. The van der Waals surface area contributed by atoms with Crippen LogP contribution in [0.2, 0.25) is 0 Å². The Bertz CT molecular complexity index is 521. The number of aryl methyl sites for hydroxylation is 1. The van der Waals surface area contributed by atoms with Crippen molar-refractivity contribution in [2.24, 2.45) is 35.6 Å². The predicted octanol–water partition coefficient (Wildman–Crippen LogP) is 2.40. The van der Waals surface area contributed by atoms with E-state index in [0.29, 0.717) is 16.9 Å². The Morgan fingerprint density at radius 1 is 1.38 bits per heavy atom. The van der Waals surface area contributed by atoms with Crippen LogP contribution in [0.4, 0.5) is 0 Å². The lowest BCUT2D eigenvalue weighted by atomic mass is 9.43. The van der Waals surface area contributed by atoms with Crippen LogP contribution in [0.25, 0.3) is 0 Å². The number of hydrogen-bond acceptors (Lipinski definition) is 3. The molecule has 4 aliphatic rings. The molecule has 0 aliphatic heterocycles. The number of hydrogen-bond donors (Lipinski definition) is 2. The van der Waals surface area contributed by atoms with Gasteiger partial charge in [-0.25, -0.2) is 0 Å². The molecule has 4 saturated carbocycles. The van der Waals surface area contributed by atoms with Gasteiger partial charge in [-0.2, -0.15) is 5.10 Å². The monoisotopic (exact) mass is 288 g/mol. The molecule has 1 aromatic heterocycles. The Labute approximate surface area is 127 Å². The number of aromatic nitrogens is 2. The van der Waals surface area contributed by atoms with E-state index in [2.05, 4.69) is 23.5 Å². The van der Waals surface area contributed by atoms with Crippen LogP contribution in [0.3, 0.4) is 0 Å². The van der Waals surface area contributed by atoms with Crippen molar-refractivity contribution in [3.63, 3.8) is 0 Å². The van der Waals surface area contributed by atoms with Crippen molar-refractivity contribution >= 4 is 0 Å². The summed E-state index contributed by atoms with van der Waals surface area (Å²) < 4.78 is 1.89. The van der Waals surface area contributed by atoms with Crippen molar-refractivity contribution in [2.75, 3.05) is 0 Å². The first-order valence-corrected chi connectivity index (χ1v) is 8.45. The normalized spacial score (nSPS) is 42.4. The number of nitrogens with zero attached hydrogens (tertiary/aromatic N) is 2. The molecule has 0 amide bonds. The van der Waals surface area contributed by atoms with Gasteiger partial charge in [0, 0.05) is 25.7 Å². The molecule has 4 bridgehead atoms. The zero-order valence-electron chi connectivity index (χ0n) is 13.3. The van der Waals surface area contributed by atoms with Gasteiger partial charge in [-0.3, -0.25) is 16.0 Å². The molecule has 4 heteroatoms. The maximum atomic E-state index is 6.01. The van der Waals surface area contributed by atoms with E-state index in [9.17, 15) is 0 Å². The van der Waals surface area contributed by atoms with Gasteiger partial charge in [0.15, 0.2) is 0 Å². The van der Waals surface area contributed by atoms with E-state index in [1.807, 2.05) is 17.9 Å². The molecule has 3 atom stereocenters. The summed E-state index contributed by atoms with van der Waals surface area (Å²) in [5.74, 6) is 7.89. The minimum Gasteiger partial charge on any atom is -0.276 e. The van der Waals surface area contributed by atoms with E-state index in [-0.39, 0.29) is 0 Å². The van der Waals surface area contributed by atoms with Crippen molar-refractivity contribution in [2.45, 2.75) is 57.9 Å². The Hall–Kier alpha value is -0.870. The van der Waals surface area contributed by atoms with Crippen LogP contribution in [-0.2, 0) is 13.5 Å². The van der Waals surface area contributed by atoms with Crippen molar-refractivity contribution in [3.8, 4) is 0 Å². The second-order valence-electron chi connectivity index (χ2n) is 8.54. The van der Waals surface area contributed by atoms with E-state index in [0.717, 1.165) is 18.3 Å². The van der Waals surface area contributed by atoms with Gasteiger partial charge >= 0.3 is 0 Å². The third-order valence-electron chi connectivity index (χ3n) is 6.52. The Morgan fingerprint density at radius 3 is 2.62 bits per heavy atom. The van der Waals surface area contributed by atoms with Crippen LogP contribution in [0.1, 0.15) is 51.1 Å². The summed E-state index contributed by atoms with van der Waals surface area (Å²) in [4.78, 5) is 0. The molecule has 1 aromatic rings. The molecule has 3 N–H and O–H groups in total. The van der Waals surface area contributed by atoms with Gasteiger partial charge in [0.2, 0.25) is 0 Å². The fourth-order valence-corrected chi connectivity index (χ4v) is 6.44. The SMILES string of the molecule is Cn1ccc(CC(NN)C23CC4CC(CC(C)(C4)C2)C3)n1. The van der Waals surface area contributed by atoms with Gasteiger partial charge in [0.1, 0.15) is 0 Å². The number of nitrogens with two attached hydrogens (primary N) is 1. The maximum Gasteiger partial charge on any atom is 0.0640 e. The zero-order valence-corrected chi connectivity index (χ0v) is 13.3. The van der Waals surface area contributed by atoms with Crippen molar-refractivity contribution in [1.29, 1.82) is 0 Å². The van der Waals surface area contributed by atoms with E-state index in [1.54, 1.807) is 0 Å². The van der Waals surface area contributed by atoms with Crippen LogP contribution in [0.15, 0.2) is 12.3 Å². The highest BCUT2D eigenvalue weighted by molar-refractivity contribution is 5.12. The topological polar surface area (TPSA) is 55.9 Å². The van der Waals surface area contributed by atoms with Gasteiger partial charge in [-0.15, -0.1) is 0 Å². The van der Waals surface area contributed by atoms with Crippen LogP contribution in [0, 0.1) is 22.7 Å². The standard InChI is InChI=1S/C17H28N4/c1-16-7-12-5-13(8-16)10-17(9-12,11-16)15(19-18)6-14-3-4-21(2)20-14/h3-4,12-13,15,19H,5-11,18H2,1-2H3. The Balaban J connectivity index is 1.60. The van der Waals surface area contributed by atoms with Crippen LogP contribution < -0.4 is 11.3 Å². The minimum absolute atomic E-state index is 0.373. The molecule has 4 aliphatic carbocycles. The molecular weight excluding hydrogens is 260 g/mol. The van der Waals surface area contributed by atoms with Gasteiger partial charge < -0.3 is 0 Å². The third kappa shape index (κ3) is 2.23. The van der Waals surface area contributed by atoms with Gasteiger partial charge in [-0.1, -0.05) is 6.92 Å². The van der Waals surface area contributed by atoms with E-state index < -0.39 is 0 Å². The highest BCUT2D eigenvalue weighted by Crippen LogP contribution is 2.66. The summed E-state index contributed by atoms with van der Waals surface area (Å²) in [6.07, 6.45) is 11.5. The highest BCUT2D eigenvalue weighted by Gasteiger charge is 2.58. The summed E-state index contributed by atoms with van der Waals surface area (Å²) in [6.45, 7) is 2.52. The molecule has 116 valence electrons. The first kappa shape index (κ1) is 13.8. The number of hydrazine groups is 1. The lowest BCUT2D eigenvalue weighted by Gasteiger charge is -2.63. The number of nitrogens with one attached hydrogen (secondary N) is 1. The maximum absolute atomic E-state index is 6.01. The van der Waals surface area contributed by atoms with Gasteiger partial charge in [0.25, 0.3) is 0 Å². The molecule has 21 heavy (non-hydrogen) atoms. The third-order valence-corrected chi connectivity index (χ3v) is 6.52. The predicted molar refractivity (Wildman–Crippen MR) is 83.2 cm³/mol. The molecule has 1 heterocycles. The summed E-state index contributed by atoms with van der Waals surface area (Å²) in [6, 6.07) is 2.50. The van der Waals surface area contributed by atoms with Gasteiger partial charge in [0.05, 0.1) is 5.69 Å². The molecule has 0 saturated heterocycles. The summed E-state index contributed by atoms with van der Waals surface area (Å²) in [5, 5.41) is 4.56. The lowest BCUT2D eigenvalue weighted by Crippen LogP contribution is -2.60. The molecule has 4 fully saturated rings. The summed E-state index contributed by atoms with van der Waals surface area (Å²) in [5.41, 5.74) is 5.33. The molecule has 0 radical (unpaired) electrons. The van der Waals surface area contributed by atoms with E-state index in [4.69, 9.17) is 5.84 Å². The van der Waals surface area contributed by atoms with E-state index >= 15 is 0 Å². The highest BCUT2D eigenvalue weighted by atomic mass is 15.3. The second kappa shape index (κ2) is 4.56. The van der Waals surface area contributed by atoms with Crippen LogP contribution >= 0.6 is 0 Å². The first-order valence-electron chi connectivity index (χ1n) is 8.45. The zero-order chi connectivity index (χ0) is 14.7. The quantitative estimate of drug-likeness (QED) is 0.661. The van der Waals surface area contributed by atoms with Crippen molar-refractivity contribution < 1.29 is 0 Å². The Morgan fingerprint density at radius 2 is 2.10 bits per heavy atom. The van der Waals surface area contributed by atoms with Crippen molar-refractivity contribution in [3.05, 3.63) is 18.0 Å². The Kier molecular flexibility index (Phi) is 2.99. The molecule has 4 nitrogen and oxygen atoms in total. The molecule has 0 spiro atoms. The summed E-state index contributed by atoms with van der Waals surface area (Å²) in [7, 11) is 1.99. The number of rotatable bonds is 4. The van der Waals surface area contributed by atoms with Crippen LogP contribution in [-0.4, -0.2) is 15.8 Å². The largest absolute Gasteiger partial charge is 0.276 e. The second-order valence-corrected chi connectivity index (χ2v) is 8.54.